The van der Waals surface area contributed by atoms with Crippen molar-refractivity contribution in [2.24, 2.45) is 23.7 Å². The number of aromatic carboxylic acids is 1. The predicted molar refractivity (Wildman–Crippen MR) is 256 cm³/mol. The summed E-state index contributed by atoms with van der Waals surface area (Å²) >= 11 is 1.66. The van der Waals surface area contributed by atoms with E-state index in [0.29, 0.717) is 40.7 Å². The smallest absolute Gasteiger partial charge is 0.336 e. The highest BCUT2D eigenvalue weighted by Gasteiger charge is 2.50. The highest BCUT2D eigenvalue weighted by atomic mass is 32.1. The number of benzene rings is 4. The zero-order chi connectivity index (χ0) is 43.2. The van der Waals surface area contributed by atoms with Gasteiger partial charge in [-0.25, -0.2) is 9.69 Å². The van der Waals surface area contributed by atoms with Crippen molar-refractivity contribution in [1.82, 2.24) is 0 Å². The lowest BCUT2D eigenvalue weighted by molar-refractivity contribution is -0.119. The minimum atomic E-state index is -0.926. The summed E-state index contributed by atoms with van der Waals surface area (Å²) < 4.78 is 0. The quantitative estimate of drug-likeness (QED) is 0.0994. The van der Waals surface area contributed by atoms with Gasteiger partial charge < -0.3 is 14.9 Å². The van der Waals surface area contributed by atoms with Crippen molar-refractivity contribution in [1.29, 1.82) is 0 Å². The fourth-order valence-corrected chi connectivity index (χ4v) is 12.6. The summed E-state index contributed by atoms with van der Waals surface area (Å²) in [5.74, 6) is 0.986. The molecule has 2 amide bonds. The number of thiophene rings is 1. The second-order valence-electron chi connectivity index (χ2n) is 18.6. The van der Waals surface area contributed by atoms with Crippen molar-refractivity contribution in [3.8, 4) is 21.6 Å². The molecule has 6 aliphatic rings. The van der Waals surface area contributed by atoms with Crippen molar-refractivity contribution < 1.29 is 19.5 Å². The van der Waals surface area contributed by atoms with Crippen molar-refractivity contribution in [2.75, 3.05) is 40.9 Å². The molecule has 7 nitrogen and oxygen atoms in total. The van der Waals surface area contributed by atoms with Crippen LogP contribution in [0.25, 0.3) is 21.6 Å². The van der Waals surface area contributed by atoms with Crippen LogP contribution >= 0.6 is 11.3 Å². The highest BCUT2D eigenvalue weighted by molar-refractivity contribution is 7.13. The number of carbonyl (C=O) groups is 3. The van der Waals surface area contributed by atoms with E-state index in [2.05, 4.69) is 83.6 Å². The second-order valence-corrected chi connectivity index (χ2v) is 19.6. The van der Waals surface area contributed by atoms with Crippen LogP contribution < -0.4 is 14.7 Å². The largest absolute Gasteiger partial charge is 0.478 e. The number of hydrogen-bond donors (Lipinski definition) is 1. The first-order valence-corrected chi connectivity index (χ1v) is 24.2. The first-order valence-electron chi connectivity index (χ1n) is 23.3. The topological polar surface area (TPSA) is 81.2 Å². The van der Waals surface area contributed by atoms with Crippen LogP contribution in [-0.2, 0) is 28.9 Å². The number of imide groups is 1. The molecule has 1 N–H and O–H groups in total. The zero-order valence-corrected chi connectivity index (χ0v) is 37.3. The second kappa shape index (κ2) is 17.4. The van der Waals surface area contributed by atoms with Crippen LogP contribution in [0.2, 0.25) is 0 Å². The third kappa shape index (κ3) is 8.07. The lowest BCUT2D eigenvalue weighted by Gasteiger charge is -2.52. The summed E-state index contributed by atoms with van der Waals surface area (Å²) in [4.78, 5) is 48.9. The molecule has 6 fully saturated rings. The Morgan fingerprint density at radius 2 is 1.21 bits per heavy atom. The van der Waals surface area contributed by atoms with E-state index in [1.807, 2.05) is 42.5 Å². The molecular formula is C55H57N3O4S. The summed E-state index contributed by atoms with van der Waals surface area (Å²) in [6, 6.07) is 33.1. The molecule has 63 heavy (non-hydrogen) atoms. The Kier molecular flexibility index (Phi) is 11.4. The average molecular weight is 856 g/mol. The zero-order valence-electron chi connectivity index (χ0n) is 36.5. The third-order valence-electron chi connectivity index (χ3n) is 14.5. The Morgan fingerprint density at radius 3 is 1.81 bits per heavy atom. The number of carboxylic acids is 1. The molecule has 8 heteroatoms. The maximum Gasteiger partial charge on any atom is 0.336 e. The molecule has 4 aliphatic carbocycles. The molecular weight excluding hydrogens is 799 g/mol. The molecule has 5 aromatic rings. The molecule has 1 aromatic heterocycles. The first kappa shape index (κ1) is 41.3. The lowest BCUT2D eigenvalue weighted by Crippen LogP contribution is -2.46. The number of anilines is 3. The van der Waals surface area contributed by atoms with Crippen LogP contribution in [0.3, 0.4) is 0 Å². The van der Waals surface area contributed by atoms with Gasteiger partial charge in [0.1, 0.15) is 0 Å². The van der Waals surface area contributed by atoms with Gasteiger partial charge in [-0.15, -0.1) is 11.3 Å². The number of hydrogen-bond acceptors (Lipinski definition) is 6. The van der Waals surface area contributed by atoms with Crippen molar-refractivity contribution in [3.63, 3.8) is 0 Å². The normalized spacial score (nSPS) is 22.6. The number of carbonyl (C=O) groups excluding carboxylic acids is 2. The van der Waals surface area contributed by atoms with E-state index in [-0.39, 0.29) is 11.8 Å². The molecule has 11 rings (SSSR count). The van der Waals surface area contributed by atoms with Crippen molar-refractivity contribution >= 4 is 46.2 Å². The van der Waals surface area contributed by atoms with Crippen LogP contribution in [-0.4, -0.2) is 49.1 Å². The molecule has 4 bridgehead atoms. The Labute approximate surface area is 375 Å². The molecule has 3 heterocycles. The predicted octanol–water partition coefficient (Wildman–Crippen LogP) is 11.8. The molecule has 4 aromatic carbocycles. The van der Waals surface area contributed by atoms with E-state index in [9.17, 15) is 19.5 Å². The monoisotopic (exact) mass is 855 g/mol. The van der Waals surface area contributed by atoms with E-state index < -0.39 is 5.97 Å². The number of amides is 2. The highest BCUT2D eigenvalue weighted by Crippen LogP contribution is 2.58. The van der Waals surface area contributed by atoms with Crippen LogP contribution in [0.4, 0.5) is 17.1 Å². The molecule has 2 aliphatic heterocycles. The molecule has 0 radical (unpaired) electrons. The first-order chi connectivity index (χ1) is 30.7. The summed E-state index contributed by atoms with van der Waals surface area (Å²) in [6.07, 6.45) is 12.6. The standard InChI is InChI=1S/C55H57N3O4S/c1-3-5-35-7-15-44(16-8-35)56-23-25-57(26-24-56)45-17-19-46(20-18-45)58-53(59)48(52(54(58)60)51-42-28-38-27-39(30-42)31-43(51)29-38)22-10-37-33-50(63-34-37)41-13-11-40(12-14-41)49-32-36(6-4-2)9-21-47(49)55(61)62/h7-9,11-22,32-34,38-39,42-43H,3-6,10,23-31H2,1-2H3,(H,61,62). The number of carboxylic acid groups (broad SMARTS) is 1. The molecule has 2 saturated heterocycles. The lowest BCUT2D eigenvalue weighted by atomic mass is 9.53. The van der Waals surface area contributed by atoms with Gasteiger partial charge in [0, 0.05) is 48.0 Å². The van der Waals surface area contributed by atoms with E-state index in [0.717, 1.165) is 128 Å². The SMILES string of the molecule is CCCc1ccc(N2CCN(c3ccc(N4C(=O)C(=CCc5csc(-c6ccc(-c7cc(CCC)ccc7C(=O)O)cc6)c5)C(=C5C6CC7CC(C6)CC5C7)C4=O)cc3)CC2)cc1. The van der Waals surface area contributed by atoms with Crippen LogP contribution in [0.5, 0.6) is 0 Å². The van der Waals surface area contributed by atoms with Gasteiger partial charge in [0.2, 0.25) is 0 Å². The maximum atomic E-state index is 14.8. The van der Waals surface area contributed by atoms with Gasteiger partial charge in [0.15, 0.2) is 0 Å². The fourth-order valence-electron chi connectivity index (χ4n) is 11.7. The Hall–Kier alpha value is -5.73. The van der Waals surface area contributed by atoms with Gasteiger partial charge in [0.05, 0.1) is 16.8 Å². The number of rotatable bonds is 12. The maximum absolute atomic E-state index is 14.8. The Bertz CT molecular complexity index is 2570. The summed E-state index contributed by atoms with van der Waals surface area (Å²) in [5, 5.41) is 12.1. The molecule has 0 unspecified atom stereocenters. The summed E-state index contributed by atoms with van der Waals surface area (Å²) in [5.41, 5.74) is 12.1. The van der Waals surface area contributed by atoms with E-state index >= 15 is 0 Å². The summed E-state index contributed by atoms with van der Waals surface area (Å²) in [6.45, 7) is 8.03. The van der Waals surface area contributed by atoms with Crippen LogP contribution in [0, 0.1) is 23.7 Å². The van der Waals surface area contributed by atoms with Crippen LogP contribution in [0.15, 0.2) is 125 Å². The van der Waals surface area contributed by atoms with E-state index in [1.165, 1.54) is 28.1 Å². The molecule has 0 spiro atoms. The molecule has 0 atom stereocenters. The number of aryl methyl sites for hydroxylation is 2. The van der Waals surface area contributed by atoms with Gasteiger partial charge in [0.25, 0.3) is 11.8 Å². The average Bonchev–Trinajstić information content (AvgIpc) is 3.87. The van der Waals surface area contributed by atoms with Gasteiger partial charge in [-0.05, 0) is 162 Å². The number of allylic oxidation sites excluding steroid dienone is 2. The third-order valence-corrected chi connectivity index (χ3v) is 15.6. The van der Waals surface area contributed by atoms with Crippen LogP contribution in [0.1, 0.15) is 85.8 Å². The van der Waals surface area contributed by atoms with Crippen molar-refractivity contribution in [2.45, 2.75) is 78.1 Å². The van der Waals surface area contributed by atoms with Gasteiger partial charge in [-0.2, -0.15) is 0 Å². The fraction of sp³-hybridized carbons (Fsp3) is 0.364. The Morgan fingerprint density at radius 1 is 0.651 bits per heavy atom. The summed E-state index contributed by atoms with van der Waals surface area (Å²) in [7, 11) is 0. The van der Waals surface area contributed by atoms with Crippen molar-refractivity contribution in [3.05, 3.63) is 147 Å². The molecule has 322 valence electrons. The molecule has 4 saturated carbocycles. The van der Waals surface area contributed by atoms with E-state index in [4.69, 9.17) is 0 Å². The van der Waals surface area contributed by atoms with Gasteiger partial charge in [-0.3, -0.25) is 9.59 Å². The van der Waals surface area contributed by atoms with E-state index in [1.54, 1.807) is 17.4 Å². The number of nitrogens with zero attached hydrogens (tertiary/aromatic N) is 3. The van der Waals surface area contributed by atoms with Gasteiger partial charge in [-0.1, -0.05) is 86.9 Å². The Balaban J connectivity index is 0.883. The number of piperazine rings is 1. The van der Waals surface area contributed by atoms with Gasteiger partial charge >= 0.3 is 5.97 Å². The minimum absolute atomic E-state index is 0.155. The minimum Gasteiger partial charge on any atom is -0.478 e.